The number of thiophene rings is 1. The van der Waals surface area contributed by atoms with Crippen LogP contribution in [0.5, 0.6) is 0 Å². The fourth-order valence-electron chi connectivity index (χ4n) is 4.21. The number of piperazine rings is 1. The maximum Gasteiger partial charge on any atom is 0.419 e. The van der Waals surface area contributed by atoms with Gasteiger partial charge in [0.15, 0.2) is 0 Å². The fourth-order valence-corrected chi connectivity index (χ4v) is 6.23. The van der Waals surface area contributed by atoms with E-state index < -0.39 is 17.6 Å². The zero-order valence-electron chi connectivity index (χ0n) is 17.4. The molecule has 180 valence electrons. The Balaban J connectivity index is 1.22. The lowest BCUT2D eigenvalue weighted by Crippen LogP contribution is -2.64. The summed E-state index contributed by atoms with van der Waals surface area (Å²) in [6, 6.07) is 1.56. The lowest BCUT2D eigenvalue weighted by molar-refractivity contribution is -0.139. The molecule has 1 aromatic carbocycles. The molecule has 5 rings (SSSR count). The van der Waals surface area contributed by atoms with Crippen LogP contribution in [0.25, 0.3) is 10.1 Å². The summed E-state index contributed by atoms with van der Waals surface area (Å²) in [5.41, 5.74) is 0.688. The molecule has 2 aliphatic rings. The first-order chi connectivity index (χ1) is 16.1. The molecule has 3 aromatic rings. The highest BCUT2D eigenvalue weighted by atomic mass is 35.5. The Kier molecular flexibility index (Phi) is 6.03. The average Bonchev–Trinajstić information content (AvgIpc) is 3.40. The first-order valence-electron chi connectivity index (χ1n) is 10.3. The Morgan fingerprint density at radius 2 is 1.76 bits per heavy atom. The molecule has 2 aromatic heterocycles. The van der Waals surface area contributed by atoms with Gasteiger partial charge in [0.1, 0.15) is 16.4 Å². The maximum atomic E-state index is 14.0. The Labute approximate surface area is 204 Å². The molecular formula is C21H17ClF4N4O2S2. The smallest absolute Gasteiger partial charge is 0.335 e. The summed E-state index contributed by atoms with van der Waals surface area (Å²) in [6.07, 6.45) is -4.83. The number of hydrogen-bond donors (Lipinski definition) is 0. The number of thiazole rings is 1. The normalized spacial score (nSPS) is 17.9. The van der Waals surface area contributed by atoms with Gasteiger partial charge in [-0.25, -0.2) is 9.37 Å². The van der Waals surface area contributed by atoms with Gasteiger partial charge in [0.25, 0.3) is 11.8 Å². The van der Waals surface area contributed by atoms with E-state index in [-0.39, 0.29) is 37.8 Å². The van der Waals surface area contributed by atoms with Crippen molar-refractivity contribution in [3.8, 4) is 0 Å². The number of fused-ring (bicyclic) bond motifs is 1. The molecule has 0 unspecified atom stereocenters. The standard InChI is InChI=1S/C21H17ClF4N4O2S2/c22-17-12-5-14(23)13(21(24,25)26)6-16(12)34-18(17)20(32)30-7-11(8-30)28-1-3-29(4-2-28)19(31)15-9-33-10-27-15/h5-6,9-11H,1-4,7-8H2. The van der Waals surface area contributed by atoms with Gasteiger partial charge in [-0.3, -0.25) is 14.5 Å². The summed E-state index contributed by atoms with van der Waals surface area (Å²) in [7, 11) is 0. The molecule has 0 spiro atoms. The van der Waals surface area contributed by atoms with Crippen molar-refractivity contribution in [2.45, 2.75) is 12.2 Å². The first-order valence-corrected chi connectivity index (χ1v) is 12.5. The molecule has 6 nitrogen and oxygen atoms in total. The molecular weight excluding hydrogens is 516 g/mol. The number of rotatable bonds is 3. The van der Waals surface area contributed by atoms with Crippen LogP contribution in [0.1, 0.15) is 25.7 Å². The quantitative estimate of drug-likeness (QED) is 0.468. The fraction of sp³-hybridized carbons (Fsp3) is 0.381. The summed E-state index contributed by atoms with van der Waals surface area (Å²) in [5, 5.41) is 1.79. The van der Waals surface area contributed by atoms with Crippen LogP contribution in [-0.4, -0.2) is 76.8 Å². The summed E-state index contributed by atoms with van der Waals surface area (Å²) in [4.78, 5) is 35.1. The van der Waals surface area contributed by atoms with E-state index in [9.17, 15) is 27.2 Å². The van der Waals surface area contributed by atoms with Crippen LogP contribution in [0.3, 0.4) is 0 Å². The first kappa shape index (κ1) is 23.5. The van der Waals surface area contributed by atoms with E-state index in [1.54, 1.807) is 20.7 Å². The highest BCUT2D eigenvalue weighted by molar-refractivity contribution is 7.21. The third-order valence-corrected chi connectivity index (χ3v) is 8.37. The maximum absolute atomic E-state index is 14.0. The third-order valence-electron chi connectivity index (χ3n) is 6.14. The van der Waals surface area contributed by atoms with E-state index >= 15 is 0 Å². The van der Waals surface area contributed by atoms with E-state index in [1.807, 2.05) is 0 Å². The van der Waals surface area contributed by atoms with Gasteiger partial charge in [0.05, 0.1) is 16.1 Å². The Morgan fingerprint density at radius 1 is 1.06 bits per heavy atom. The van der Waals surface area contributed by atoms with Gasteiger partial charge in [0.2, 0.25) is 0 Å². The lowest BCUT2D eigenvalue weighted by atomic mass is 10.1. The molecule has 0 saturated carbocycles. The minimum Gasteiger partial charge on any atom is -0.335 e. The number of alkyl halides is 3. The molecule has 0 atom stereocenters. The van der Waals surface area contributed by atoms with Gasteiger partial charge < -0.3 is 9.80 Å². The molecule has 4 heterocycles. The zero-order chi connectivity index (χ0) is 24.2. The molecule has 2 amide bonds. The van der Waals surface area contributed by atoms with Gasteiger partial charge in [-0.1, -0.05) is 11.6 Å². The van der Waals surface area contributed by atoms with E-state index in [0.717, 1.165) is 17.4 Å². The molecule has 34 heavy (non-hydrogen) atoms. The van der Waals surface area contributed by atoms with E-state index in [2.05, 4.69) is 9.88 Å². The van der Waals surface area contributed by atoms with Gasteiger partial charge in [-0.05, 0) is 12.1 Å². The summed E-state index contributed by atoms with van der Waals surface area (Å²) >= 11 is 8.46. The van der Waals surface area contributed by atoms with Crippen LogP contribution in [0.15, 0.2) is 23.0 Å². The molecule has 0 aliphatic carbocycles. The summed E-state index contributed by atoms with van der Waals surface area (Å²) in [5.74, 6) is -1.89. The zero-order valence-corrected chi connectivity index (χ0v) is 19.8. The van der Waals surface area contributed by atoms with Gasteiger partial charge in [-0.2, -0.15) is 13.2 Å². The second-order valence-corrected chi connectivity index (χ2v) is 10.3. The van der Waals surface area contributed by atoms with Crippen molar-refractivity contribution in [2.75, 3.05) is 39.3 Å². The monoisotopic (exact) mass is 532 g/mol. The van der Waals surface area contributed by atoms with Crippen LogP contribution in [0, 0.1) is 5.82 Å². The number of amides is 2. The Bertz CT molecular complexity index is 1250. The lowest BCUT2D eigenvalue weighted by Gasteiger charge is -2.48. The molecule has 13 heteroatoms. The number of hydrogen-bond acceptors (Lipinski definition) is 6. The van der Waals surface area contributed by atoms with Crippen LogP contribution >= 0.6 is 34.3 Å². The molecule has 2 aliphatic heterocycles. The highest BCUT2D eigenvalue weighted by Crippen LogP contribution is 2.41. The number of carbonyl (C=O) groups is 2. The second kappa shape index (κ2) is 8.74. The average molecular weight is 533 g/mol. The predicted molar refractivity (Wildman–Crippen MR) is 121 cm³/mol. The van der Waals surface area contributed by atoms with Crippen LogP contribution in [0.2, 0.25) is 5.02 Å². The van der Waals surface area contributed by atoms with E-state index in [4.69, 9.17) is 11.6 Å². The van der Waals surface area contributed by atoms with Gasteiger partial charge >= 0.3 is 6.18 Å². The number of nitrogens with zero attached hydrogens (tertiary/aromatic N) is 4. The second-order valence-electron chi connectivity index (χ2n) is 8.14. The minimum absolute atomic E-state index is 0.0322. The molecule has 0 N–H and O–H groups in total. The largest absolute Gasteiger partial charge is 0.419 e. The van der Waals surface area contributed by atoms with Crippen molar-refractivity contribution in [1.82, 2.24) is 19.7 Å². The van der Waals surface area contributed by atoms with E-state index in [1.165, 1.54) is 11.3 Å². The number of benzene rings is 1. The number of carbonyl (C=O) groups excluding carboxylic acids is 2. The Hall–Kier alpha value is -2.28. The van der Waals surface area contributed by atoms with Gasteiger partial charge in [0, 0.05) is 60.8 Å². The number of likely N-dealkylation sites (tertiary alicyclic amines) is 1. The van der Waals surface area contributed by atoms with Crippen LogP contribution < -0.4 is 0 Å². The van der Waals surface area contributed by atoms with Crippen LogP contribution in [0.4, 0.5) is 17.6 Å². The topological polar surface area (TPSA) is 56.8 Å². The predicted octanol–water partition coefficient (Wildman–Crippen LogP) is 4.45. The highest BCUT2D eigenvalue weighted by Gasteiger charge is 2.39. The molecule has 0 radical (unpaired) electrons. The minimum atomic E-state index is -4.83. The van der Waals surface area contributed by atoms with Crippen molar-refractivity contribution >= 4 is 56.2 Å². The van der Waals surface area contributed by atoms with Crippen LogP contribution in [-0.2, 0) is 6.18 Å². The van der Waals surface area contributed by atoms with Crippen molar-refractivity contribution < 1.29 is 27.2 Å². The number of halogens is 5. The Morgan fingerprint density at radius 3 is 2.38 bits per heavy atom. The molecule has 2 fully saturated rings. The third kappa shape index (κ3) is 4.16. The van der Waals surface area contributed by atoms with Crippen molar-refractivity contribution in [2.24, 2.45) is 0 Å². The van der Waals surface area contributed by atoms with Crippen molar-refractivity contribution in [3.63, 3.8) is 0 Å². The molecule has 0 bridgehead atoms. The number of aromatic nitrogens is 1. The summed E-state index contributed by atoms with van der Waals surface area (Å²) in [6.45, 7) is 3.38. The van der Waals surface area contributed by atoms with Gasteiger partial charge in [-0.15, -0.1) is 22.7 Å². The van der Waals surface area contributed by atoms with Crippen molar-refractivity contribution in [3.05, 3.63) is 50.0 Å². The SMILES string of the molecule is O=C(c1cscn1)N1CCN(C2CN(C(=O)c3sc4cc(C(F)(F)F)c(F)cc4c3Cl)C2)CC1. The van der Waals surface area contributed by atoms with E-state index in [0.29, 0.717) is 51.0 Å². The summed E-state index contributed by atoms with van der Waals surface area (Å²) < 4.78 is 53.1. The molecule has 2 saturated heterocycles. The van der Waals surface area contributed by atoms with Crippen molar-refractivity contribution in [1.29, 1.82) is 0 Å².